The monoisotopic (exact) mass is 259 g/mol. The van der Waals surface area contributed by atoms with E-state index < -0.39 is 15.9 Å². The van der Waals surface area contributed by atoms with Crippen LogP contribution in [0.2, 0.25) is 0 Å². The molecule has 1 rings (SSSR count). The van der Waals surface area contributed by atoms with Gasteiger partial charge in [0.15, 0.2) is 5.69 Å². The Hall–Kier alpha value is -1.67. The molecule has 0 saturated heterocycles. The molecule has 0 unspecified atom stereocenters. The number of pyridine rings is 1. The van der Waals surface area contributed by atoms with Gasteiger partial charge >= 0.3 is 0 Å². The van der Waals surface area contributed by atoms with Crippen molar-refractivity contribution in [3.8, 4) is 5.75 Å². The van der Waals surface area contributed by atoms with E-state index in [0.29, 0.717) is 0 Å². The van der Waals surface area contributed by atoms with Crippen LogP contribution in [0.1, 0.15) is 10.5 Å². The maximum atomic E-state index is 11.5. The van der Waals surface area contributed by atoms with Gasteiger partial charge in [-0.2, -0.15) is 0 Å². The summed E-state index contributed by atoms with van der Waals surface area (Å²) in [6, 6.07) is 2.84. The lowest BCUT2D eigenvalue weighted by molar-refractivity contribution is 0.0946. The summed E-state index contributed by atoms with van der Waals surface area (Å²) >= 11 is 0. The molecule has 1 heterocycles. The van der Waals surface area contributed by atoms with Crippen molar-refractivity contribution in [3.05, 3.63) is 24.0 Å². The van der Waals surface area contributed by atoms with Gasteiger partial charge in [0.2, 0.25) is 10.0 Å². The molecule has 17 heavy (non-hydrogen) atoms. The summed E-state index contributed by atoms with van der Waals surface area (Å²) in [5.41, 5.74) is -0.0909. The normalized spacial score (nSPS) is 11.1. The van der Waals surface area contributed by atoms with Gasteiger partial charge in [0.05, 0.1) is 6.26 Å². The zero-order valence-corrected chi connectivity index (χ0v) is 9.99. The molecule has 0 bridgehead atoms. The molecule has 3 N–H and O–H groups in total. The summed E-state index contributed by atoms with van der Waals surface area (Å²) in [6.45, 7) is 0.195. The zero-order valence-electron chi connectivity index (χ0n) is 9.17. The van der Waals surface area contributed by atoms with Crippen molar-refractivity contribution in [1.29, 1.82) is 0 Å². The summed E-state index contributed by atoms with van der Waals surface area (Å²) in [7, 11) is -3.26. The molecule has 0 aliphatic carbocycles. The molecule has 8 heteroatoms. The standard InChI is InChI=1S/C9H13N3O4S/c1-17(15,16)12-6-5-11-9(14)8-7(13)3-2-4-10-8/h2-4,12-13H,5-6H2,1H3,(H,11,14). The molecule has 1 amide bonds. The Bertz CT molecular complexity index is 501. The highest BCUT2D eigenvalue weighted by Gasteiger charge is 2.11. The Labute approximate surface area is 98.9 Å². The number of amides is 1. The van der Waals surface area contributed by atoms with E-state index in [-0.39, 0.29) is 24.5 Å². The average molecular weight is 259 g/mol. The van der Waals surface area contributed by atoms with E-state index in [1.165, 1.54) is 18.3 Å². The minimum Gasteiger partial charge on any atom is -0.505 e. The molecular weight excluding hydrogens is 246 g/mol. The highest BCUT2D eigenvalue weighted by atomic mass is 32.2. The topological polar surface area (TPSA) is 108 Å². The molecule has 0 aromatic carbocycles. The van der Waals surface area contributed by atoms with Crippen LogP contribution < -0.4 is 10.0 Å². The van der Waals surface area contributed by atoms with Crippen LogP contribution in [0, 0.1) is 0 Å². The average Bonchev–Trinajstić information content (AvgIpc) is 2.23. The number of sulfonamides is 1. The van der Waals surface area contributed by atoms with Gasteiger partial charge in [-0.1, -0.05) is 0 Å². The zero-order chi connectivity index (χ0) is 12.9. The van der Waals surface area contributed by atoms with Crippen molar-refractivity contribution in [3.63, 3.8) is 0 Å². The summed E-state index contributed by atoms with van der Waals surface area (Å²) < 4.78 is 23.7. The van der Waals surface area contributed by atoms with Crippen molar-refractivity contribution in [1.82, 2.24) is 15.0 Å². The number of carbonyl (C=O) groups is 1. The number of rotatable bonds is 5. The number of carbonyl (C=O) groups excluding carboxylic acids is 1. The van der Waals surface area contributed by atoms with E-state index in [0.717, 1.165) is 6.26 Å². The minimum atomic E-state index is -3.26. The molecule has 0 radical (unpaired) electrons. The first-order valence-corrected chi connectivity index (χ1v) is 6.66. The number of hydrogen-bond acceptors (Lipinski definition) is 5. The quantitative estimate of drug-likeness (QED) is 0.592. The Balaban J connectivity index is 2.44. The fourth-order valence-electron chi connectivity index (χ4n) is 1.07. The van der Waals surface area contributed by atoms with Crippen LogP contribution in [0.5, 0.6) is 5.75 Å². The maximum absolute atomic E-state index is 11.5. The number of nitrogens with zero attached hydrogens (tertiary/aromatic N) is 1. The number of aromatic nitrogens is 1. The van der Waals surface area contributed by atoms with Crippen LogP contribution in [0.3, 0.4) is 0 Å². The first-order valence-electron chi connectivity index (χ1n) is 4.77. The largest absolute Gasteiger partial charge is 0.505 e. The van der Waals surface area contributed by atoms with Crippen molar-refractivity contribution < 1.29 is 18.3 Å². The Morgan fingerprint density at radius 1 is 1.47 bits per heavy atom. The first-order chi connectivity index (χ1) is 7.90. The van der Waals surface area contributed by atoms with E-state index >= 15 is 0 Å². The van der Waals surface area contributed by atoms with Crippen molar-refractivity contribution in [2.45, 2.75) is 0 Å². The Morgan fingerprint density at radius 2 is 2.18 bits per heavy atom. The first kappa shape index (κ1) is 13.4. The van der Waals surface area contributed by atoms with Gasteiger partial charge in [-0.05, 0) is 12.1 Å². The number of nitrogens with one attached hydrogen (secondary N) is 2. The van der Waals surface area contributed by atoms with Gasteiger partial charge in [-0.3, -0.25) is 4.79 Å². The molecule has 1 aromatic heterocycles. The van der Waals surface area contributed by atoms with Crippen LogP contribution in [0.15, 0.2) is 18.3 Å². The summed E-state index contributed by atoms with van der Waals surface area (Å²) in [4.78, 5) is 15.2. The SMILES string of the molecule is CS(=O)(=O)NCCNC(=O)c1ncccc1O. The molecule has 0 aliphatic heterocycles. The van der Waals surface area contributed by atoms with Crippen LogP contribution in [-0.4, -0.2) is 43.8 Å². The Kier molecular flexibility index (Phi) is 4.41. The lowest BCUT2D eigenvalue weighted by Crippen LogP contribution is -2.34. The molecule has 94 valence electrons. The molecule has 7 nitrogen and oxygen atoms in total. The van der Waals surface area contributed by atoms with E-state index in [9.17, 15) is 18.3 Å². The minimum absolute atomic E-state index is 0.0815. The van der Waals surface area contributed by atoms with Crippen LogP contribution in [0.25, 0.3) is 0 Å². The smallest absolute Gasteiger partial charge is 0.273 e. The van der Waals surface area contributed by atoms with Crippen molar-refractivity contribution >= 4 is 15.9 Å². The van der Waals surface area contributed by atoms with Gasteiger partial charge in [0.1, 0.15) is 5.75 Å². The molecule has 0 aliphatic rings. The maximum Gasteiger partial charge on any atom is 0.273 e. The van der Waals surface area contributed by atoms with E-state index in [1.807, 2.05) is 0 Å². The predicted molar refractivity (Wildman–Crippen MR) is 61.1 cm³/mol. The van der Waals surface area contributed by atoms with Gasteiger partial charge in [0, 0.05) is 19.3 Å². The third-order valence-electron chi connectivity index (χ3n) is 1.78. The number of aromatic hydroxyl groups is 1. The summed E-state index contributed by atoms with van der Waals surface area (Å²) in [5.74, 6) is -0.778. The van der Waals surface area contributed by atoms with Gasteiger partial charge < -0.3 is 10.4 Å². The van der Waals surface area contributed by atoms with Crippen LogP contribution >= 0.6 is 0 Å². The molecule has 1 aromatic rings. The van der Waals surface area contributed by atoms with Crippen molar-refractivity contribution in [2.75, 3.05) is 19.3 Å². The van der Waals surface area contributed by atoms with E-state index in [4.69, 9.17) is 0 Å². The highest BCUT2D eigenvalue weighted by molar-refractivity contribution is 7.88. The fourth-order valence-corrected chi connectivity index (χ4v) is 1.54. The molecular formula is C9H13N3O4S. The Morgan fingerprint density at radius 3 is 2.76 bits per heavy atom. The third-order valence-corrected chi connectivity index (χ3v) is 2.50. The highest BCUT2D eigenvalue weighted by Crippen LogP contribution is 2.11. The lowest BCUT2D eigenvalue weighted by atomic mass is 10.3. The summed E-state index contributed by atoms with van der Waals surface area (Å²) in [6.07, 6.45) is 2.41. The van der Waals surface area contributed by atoms with Crippen molar-refractivity contribution in [2.24, 2.45) is 0 Å². The van der Waals surface area contributed by atoms with Crippen LogP contribution in [-0.2, 0) is 10.0 Å². The lowest BCUT2D eigenvalue weighted by Gasteiger charge is -2.05. The van der Waals surface area contributed by atoms with E-state index in [1.54, 1.807) is 0 Å². The predicted octanol–water partition coefficient (Wildman–Crippen LogP) is -0.934. The van der Waals surface area contributed by atoms with Crippen LogP contribution in [0.4, 0.5) is 0 Å². The molecule has 0 atom stereocenters. The van der Waals surface area contributed by atoms with Gasteiger partial charge in [-0.25, -0.2) is 18.1 Å². The fraction of sp³-hybridized carbons (Fsp3) is 0.333. The second-order valence-electron chi connectivity index (χ2n) is 3.29. The number of hydrogen-bond donors (Lipinski definition) is 3. The molecule has 0 spiro atoms. The molecule has 0 saturated carbocycles. The summed E-state index contributed by atoms with van der Waals surface area (Å²) in [5, 5.41) is 11.8. The van der Waals surface area contributed by atoms with E-state index in [2.05, 4.69) is 15.0 Å². The third kappa shape index (κ3) is 4.79. The van der Waals surface area contributed by atoms with Gasteiger partial charge in [0.25, 0.3) is 5.91 Å². The second-order valence-corrected chi connectivity index (χ2v) is 5.13. The molecule has 0 fully saturated rings. The second kappa shape index (κ2) is 5.60. The van der Waals surface area contributed by atoms with Gasteiger partial charge in [-0.15, -0.1) is 0 Å².